The summed E-state index contributed by atoms with van der Waals surface area (Å²) in [4.78, 5) is 24.9. The molecule has 0 saturated carbocycles. The predicted octanol–water partition coefficient (Wildman–Crippen LogP) is 2.59. The number of ether oxygens (including phenoxy) is 1. The van der Waals surface area contributed by atoms with Crippen molar-refractivity contribution in [3.05, 3.63) is 75.1 Å². The third-order valence-electron chi connectivity index (χ3n) is 5.95. The molecule has 174 valence electrons. The van der Waals surface area contributed by atoms with Gasteiger partial charge in [-0.2, -0.15) is 4.31 Å². The molecule has 1 aliphatic rings. The van der Waals surface area contributed by atoms with Gasteiger partial charge in [-0.3, -0.25) is 4.79 Å². The van der Waals surface area contributed by atoms with E-state index in [1.165, 1.54) is 12.1 Å². The average Bonchev–Trinajstić information content (AvgIpc) is 3.16. The average molecular weight is 472 g/mol. The number of carbonyl (C=O) groups is 1. The molecule has 0 radical (unpaired) electrons. The molecular weight excluding hydrogens is 446 g/mol. The minimum Gasteiger partial charge on any atom is -0.460 e. The van der Waals surface area contributed by atoms with Gasteiger partial charge in [0.1, 0.15) is 18.2 Å². The number of aliphatic hydroxyl groups excluding tert-OH is 1. The fourth-order valence-corrected chi connectivity index (χ4v) is 5.69. The van der Waals surface area contributed by atoms with Crippen LogP contribution in [-0.2, 0) is 26.2 Å². The molecule has 1 N–H and O–H groups in total. The zero-order valence-corrected chi connectivity index (χ0v) is 19.4. The van der Waals surface area contributed by atoms with Crippen LogP contribution in [-0.4, -0.2) is 42.5 Å². The standard InChI is InChI=1S/C24H25NO7S/c1-14-4-7-20-17(10-23(27)32-22(20)8-14)13-31-24(28)21-11-18(26)12-25(21)33(29,30)19-6-5-15(2)16(3)9-19/h4-10,18,21,26H,11-13H2,1-3H3. The quantitative estimate of drug-likeness (QED) is 0.449. The normalized spacial score (nSPS) is 19.2. The van der Waals surface area contributed by atoms with E-state index in [4.69, 9.17) is 9.15 Å². The maximum absolute atomic E-state index is 13.2. The second kappa shape index (κ2) is 8.74. The summed E-state index contributed by atoms with van der Waals surface area (Å²) in [5, 5.41) is 10.8. The summed E-state index contributed by atoms with van der Waals surface area (Å²) in [5.41, 5.74) is 2.92. The first-order valence-electron chi connectivity index (χ1n) is 10.5. The first kappa shape index (κ1) is 23.2. The third-order valence-corrected chi connectivity index (χ3v) is 7.82. The lowest BCUT2D eigenvalue weighted by atomic mass is 10.1. The highest BCUT2D eigenvalue weighted by Gasteiger charge is 2.44. The zero-order chi connectivity index (χ0) is 23.9. The summed E-state index contributed by atoms with van der Waals surface area (Å²) in [6.45, 7) is 5.12. The molecule has 2 unspecified atom stereocenters. The Morgan fingerprint density at radius 3 is 2.61 bits per heavy atom. The number of fused-ring (bicyclic) bond motifs is 1. The molecule has 1 aromatic heterocycles. The third kappa shape index (κ3) is 4.57. The molecule has 3 aromatic rings. The fraction of sp³-hybridized carbons (Fsp3) is 0.333. The smallest absolute Gasteiger partial charge is 0.336 e. The van der Waals surface area contributed by atoms with Crippen LogP contribution in [0.1, 0.15) is 28.7 Å². The molecule has 1 fully saturated rings. The molecule has 33 heavy (non-hydrogen) atoms. The van der Waals surface area contributed by atoms with Crippen molar-refractivity contribution in [2.24, 2.45) is 0 Å². The van der Waals surface area contributed by atoms with Crippen LogP contribution in [0.15, 0.2) is 56.6 Å². The van der Waals surface area contributed by atoms with Gasteiger partial charge in [-0.25, -0.2) is 13.2 Å². The van der Waals surface area contributed by atoms with Gasteiger partial charge in [-0.05, 0) is 55.7 Å². The summed E-state index contributed by atoms with van der Waals surface area (Å²) in [5.74, 6) is -0.785. The van der Waals surface area contributed by atoms with Gasteiger partial charge in [-0.1, -0.05) is 18.2 Å². The first-order valence-corrected chi connectivity index (χ1v) is 12.0. The second-order valence-electron chi connectivity index (χ2n) is 8.42. The Kier molecular flexibility index (Phi) is 6.13. The fourth-order valence-electron chi connectivity index (χ4n) is 3.98. The van der Waals surface area contributed by atoms with E-state index < -0.39 is 33.8 Å². The number of aliphatic hydroxyl groups is 1. The Labute approximate surface area is 191 Å². The zero-order valence-electron chi connectivity index (χ0n) is 18.6. The maximum atomic E-state index is 13.2. The highest BCUT2D eigenvalue weighted by atomic mass is 32.2. The van der Waals surface area contributed by atoms with E-state index in [1.807, 2.05) is 19.9 Å². The number of aryl methyl sites for hydroxylation is 3. The van der Waals surface area contributed by atoms with Crippen molar-refractivity contribution < 1.29 is 27.5 Å². The van der Waals surface area contributed by atoms with Gasteiger partial charge >= 0.3 is 11.6 Å². The molecule has 0 spiro atoms. The summed E-state index contributed by atoms with van der Waals surface area (Å²) in [6, 6.07) is 10.2. The Morgan fingerprint density at radius 2 is 1.88 bits per heavy atom. The van der Waals surface area contributed by atoms with Crippen LogP contribution >= 0.6 is 0 Å². The van der Waals surface area contributed by atoms with Crippen LogP contribution in [0.25, 0.3) is 11.0 Å². The van der Waals surface area contributed by atoms with Gasteiger partial charge in [0.05, 0.1) is 11.0 Å². The van der Waals surface area contributed by atoms with Crippen molar-refractivity contribution >= 4 is 27.0 Å². The van der Waals surface area contributed by atoms with E-state index in [-0.39, 0.29) is 24.5 Å². The highest BCUT2D eigenvalue weighted by Crippen LogP contribution is 2.29. The molecule has 0 amide bonds. The maximum Gasteiger partial charge on any atom is 0.336 e. The van der Waals surface area contributed by atoms with Crippen LogP contribution < -0.4 is 5.63 Å². The van der Waals surface area contributed by atoms with Crippen molar-refractivity contribution in [3.8, 4) is 0 Å². The van der Waals surface area contributed by atoms with Crippen molar-refractivity contribution in [2.75, 3.05) is 6.54 Å². The second-order valence-corrected chi connectivity index (χ2v) is 10.3. The van der Waals surface area contributed by atoms with Gasteiger partial charge in [-0.15, -0.1) is 0 Å². The Bertz CT molecular complexity index is 1390. The van der Waals surface area contributed by atoms with Crippen molar-refractivity contribution in [3.63, 3.8) is 0 Å². The number of benzene rings is 2. The lowest BCUT2D eigenvalue weighted by Crippen LogP contribution is -2.41. The van der Waals surface area contributed by atoms with Crippen LogP contribution in [0.4, 0.5) is 0 Å². The first-order chi connectivity index (χ1) is 15.6. The van der Waals surface area contributed by atoms with Gasteiger partial charge in [0.15, 0.2) is 0 Å². The van der Waals surface area contributed by atoms with E-state index in [2.05, 4.69) is 0 Å². The molecular formula is C24H25NO7S. The van der Waals surface area contributed by atoms with Crippen LogP contribution in [0.2, 0.25) is 0 Å². The number of β-amino-alcohol motifs (C(OH)–C–C–N with tert-alkyl or cyclic N) is 1. The van der Waals surface area contributed by atoms with E-state index in [0.717, 1.165) is 21.0 Å². The van der Waals surface area contributed by atoms with Gasteiger partial charge in [0.25, 0.3) is 0 Å². The van der Waals surface area contributed by atoms with E-state index >= 15 is 0 Å². The minimum atomic E-state index is -4.03. The summed E-state index contributed by atoms with van der Waals surface area (Å²) >= 11 is 0. The number of carbonyl (C=O) groups excluding carboxylic acids is 1. The van der Waals surface area contributed by atoms with E-state index in [0.29, 0.717) is 16.5 Å². The van der Waals surface area contributed by atoms with Gasteiger partial charge < -0.3 is 14.3 Å². The monoisotopic (exact) mass is 471 g/mol. The minimum absolute atomic E-state index is 0.0551. The number of sulfonamides is 1. The topological polar surface area (TPSA) is 114 Å². The number of esters is 1. The largest absolute Gasteiger partial charge is 0.460 e. The SMILES string of the molecule is Cc1ccc2c(COC(=O)C3CC(O)CN3S(=O)(=O)c3ccc(C)c(C)c3)cc(=O)oc2c1. The van der Waals surface area contributed by atoms with Crippen LogP contribution in [0.5, 0.6) is 0 Å². The summed E-state index contributed by atoms with van der Waals surface area (Å²) in [6.07, 6.45) is -1.06. The molecule has 0 bridgehead atoms. The van der Waals surface area contributed by atoms with Crippen molar-refractivity contribution in [1.82, 2.24) is 4.31 Å². The molecule has 8 nitrogen and oxygen atoms in total. The van der Waals surface area contributed by atoms with E-state index in [9.17, 15) is 23.1 Å². The molecule has 2 heterocycles. The lowest BCUT2D eigenvalue weighted by molar-refractivity contribution is -0.148. The molecule has 1 aliphatic heterocycles. The van der Waals surface area contributed by atoms with Gasteiger partial charge in [0.2, 0.25) is 10.0 Å². The summed E-state index contributed by atoms with van der Waals surface area (Å²) in [7, 11) is -4.03. The number of hydrogen-bond acceptors (Lipinski definition) is 7. The van der Waals surface area contributed by atoms with Crippen LogP contribution in [0, 0.1) is 20.8 Å². The molecule has 0 aliphatic carbocycles. The molecule has 1 saturated heterocycles. The molecule has 2 atom stereocenters. The Morgan fingerprint density at radius 1 is 1.12 bits per heavy atom. The lowest BCUT2D eigenvalue weighted by Gasteiger charge is -2.23. The molecule has 9 heteroatoms. The van der Waals surface area contributed by atoms with E-state index in [1.54, 1.807) is 31.2 Å². The highest BCUT2D eigenvalue weighted by molar-refractivity contribution is 7.89. The number of nitrogens with zero attached hydrogens (tertiary/aromatic N) is 1. The Hall–Kier alpha value is -3.01. The number of hydrogen-bond donors (Lipinski definition) is 1. The molecule has 4 rings (SSSR count). The van der Waals surface area contributed by atoms with Crippen molar-refractivity contribution in [1.29, 1.82) is 0 Å². The number of rotatable bonds is 5. The molecule has 2 aromatic carbocycles. The van der Waals surface area contributed by atoms with Crippen LogP contribution in [0.3, 0.4) is 0 Å². The summed E-state index contributed by atoms with van der Waals surface area (Å²) < 4.78 is 38.1. The van der Waals surface area contributed by atoms with Crippen molar-refractivity contribution in [2.45, 2.75) is 50.8 Å². The Balaban J connectivity index is 1.58. The predicted molar refractivity (Wildman–Crippen MR) is 121 cm³/mol. The van der Waals surface area contributed by atoms with Gasteiger partial charge in [0, 0.05) is 30.0 Å².